The van der Waals surface area contributed by atoms with Crippen LogP contribution >= 0.6 is 11.8 Å². The summed E-state index contributed by atoms with van der Waals surface area (Å²) >= 11 is 1.46. The molecule has 0 aliphatic rings. The molecule has 0 aromatic heterocycles. The minimum absolute atomic E-state index is 0.0568. The molecular formula is C14H19NO3S. The summed E-state index contributed by atoms with van der Waals surface area (Å²) in [4.78, 5) is 25.1. The summed E-state index contributed by atoms with van der Waals surface area (Å²) < 4.78 is 0. The number of amides is 1. The van der Waals surface area contributed by atoms with Crippen LogP contribution < -0.4 is 0 Å². The van der Waals surface area contributed by atoms with Crippen molar-refractivity contribution in [2.45, 2.75) is 18.7 Å². The average molecular weight is 281 g/mol. The van der Waals surface area contributed by atoms with Gasteiger partial charge in [0.15, 0.2) is 0 Å². The lowest BCUT2D eigenvalue weighted by Crippen LogP contribution is -2.34. The van der Waals surface area contributed by atoms with Crippen molar-refractivity contribution in [1.29, 1.82) is 0 Å². The molecule has 0 heterocycles. The van der Waals surface area contributed by atoms with Gasteiger partial charge in [-0.05, 0) is 19.1 Å². The SMILES string of the molecule is Cc1ccc(SCC(=O)N(C)CC(C)C(=O)O)cc1. The van der Waals surface area contributed by atoms with E-state index in [1.165, 1.54) is 22.2 Å². The highest BCUT2D eigenvalue weighted by atomic mass is 32.2. The van der Waals surface area contributed by atoms with Crippen LogP contribution in [0.15, 0.2) is 29.2 Å². The second-order valence-electron chi connectivity index (χ2n) is 4.62. The van der Waals surface area contributed by atoms with Gasteiger partial charge in [0.05, 0.1) is 11.7 Å². The number of aryl methyl sites for hydroxylation is 1. The van der Waals surface area contributed by atoms with Crippen molar-refractivity contribution in [1.82, 2.24) is 4.90 Å². The van der Waals surface area contributed by atoms with Crippen molar-refractivity contribution in [3.8, 4) is 0 Å². The summed E-state index contributed by atoms with van der Waals surface area (Å²) in [6.45, 7) is 3.85. The maximum Gasteiger partial charge on any atom is 0.308 e. The molecule has 0 bridgehead atoms. The van der Waals surface area contributed by atoms with Gasteiger partial charge in [0.2, 0.25) is 5.91 Å². The normalized spacial score (nSPS) is 11.9. The summed E-state index contributed by atoms with van der Waals surface area (Å²) in [7, 11) is 1.64. The molecule has 0 aliphatic carbocycles. The van der Waals surface area contributed by atoms with Crippen LogP contribution in [0, 0.1) is 12.8 Å². The van der Waals surface area contributed by atoms with E-state index >= 15 is 0 Å². The Bertz CT molecular complexity index is 445. The molecule has 0 saturated carbocycles. The minimum atomic E-state index is -0.883. The Hall–Kier alpha value is -1.49. The van der Waals surface area contributed by atoms with E-state index in [0.717, 1.165) is 4.90 Å². The molecule has 4 nitrogen and oxygen atoms in total. The molecule has 1 aromatic carbocycles. The Labute approximate surface area is 117 Å². The molecule has 1 aromatic rings. The molecule has 0 aliphatic heterocycles. The highest BCUT2D eigenvalue weighted by Gasteiger charge is 2.17. The maximum atomic E-state index is 11.9. The molecule has 5 heteroatoms. The second-order valence-corrected chi connectivity index (χ2v) is 5.66. The highest BCUT2D eigenvalue weighted by Crippen LogP contribution is 2.18. The summed E-state index contributed by atoms with van der Waals surface area (Å²) in [6, 6.07) is 7.96. The predicted octanol–water partition coefficient (Wildman–Crippen LogP) is 2.27. The first-order valence-corrected chi connectivity index (χ1v) is 7.05. The second kappa shape index (κ2) is 7.19. The zero-order valence-electron chi connectivity index (χ0n) is 11.4. The number of thioether (sulfide) groups is 1. The van der Waals surface area contributed by atoms with Crippen molar-refractivity contribution in [3.05, 3.63) is 29.8 Å². The molecule has 1 amide bonds. The molecule has 104 valence electrons. The van der Waals surface area contributed by atoms with Gasteiger partial charge in [-0.2, -0.15) is 0 Å². The highest BCUT2D eigenvalue weighted by molar-refractivity contribution is 8.00. The lowest BCUT2D eigenvalue weighted by Gasteiger charge is -2.19. The van der Waals surface area contributed by atoms with Crippen LogP contribution in [0.3, 0.4) is 0 Å². The monoisotopic (exact) mass is 281 g/mol. The standard InChI is InChI=1S/C14H19NO3S/c1-10-4-6-12(7-5-10)19-9-13(16)15(3)8-11(2)14(17)18/h4-7,11H,8-9H2,1-3H3,(H,17,18). The summed E-state index contributed by atoms with van der Waals surface area (Å²) in [5.41, 5.74) is 1.18. The third kappa shape index (κ3) is 5.34. The van der Waals surface area contributed by atoms with Crippen molar-refractivity contribution in [2.75, 3.05) is 19.3 Å². The van der Waals surface area contributed by atoms with E-state index in [1.807, 2.05) is 31.2 Å². The topological polar surface area (TPSA) is 57.6 Å². The molecule has 0 fully saturated rings. The van der Waals surface area contributed by atoms with Crippen molar-refractivity contribution in [2.24, 2.45) is 5.92 Å². The Balaban J connectivity index is 2.42. The molecule has 1 atom stereocenters. The van der Waals surface area contributed by atoms with E-state index in [4.69, 9.17) is 5.11 Å². The molecule has 0 saturated heterocycles. The van der Waals surface area contributed by atoms with E-state index in [-0.39, 0.29) is 12.5 Å². The smallest absolute Gasteiger partial charge is 0.308 e. The van der Waals surface area contributed by atoms with Crippen LogP contribution in [0.25, 0.3) is 0 Å². The number of rotatable bonds is 6. The zero-order chi connectivity index (χ0) is 14.4. The van der Waals surface area contributed by atoms with E-state index in [0.29, 0.717) is 5.75 Å². The molecule has 1 unspecified atom stereocenters. The van der Waals surface area contributed by atoms with Crippen LogP contribution in [0.5, 0.6) is 0 Å². The van der Waals surface area contributed by atoms with Crippen molar-refractivity contribution < 1.29 is 14.7 Å². The summed E-state index contributed by atoms with van der Waals surface area (Å²) in [5.74, 6) is -1.16. The largest absolute Gasteiger partial charge is 0.481 e. The lowest BCUT2D eigenvalue weighted by molar-refractivity contribution is -0.142. The van der Waals surface area contributed by atoms with Gasteiger partial charge < -0.3 is 10.0 Å². The first-order chi connectivity index (χ1) is 8.90. The third-order valence-electron chi connectivity index (χ3n) is 2.78. The van der Waals surface area contributed by atoms with E-state index in [2.05, 4.69) is 0 Å². The van der Waals surface area contributed by atoms with Crippen LogP contribution in [-0.2, 0) is 9.59 Å². The average Bonchev–Trinajstić information content (AvgIpc) is 2.37. The molecular weight excluding hydrogens is 262 g/mol. The van der Waals surface area contributed by atoms with Crippen LogP contribution in [0.1, 0.15) is 12.5 Å². The number of benzene rings is 1. The fourth-order valence-corrected chi connectivity index (χ4v) is 2.32. The number of carbonyl (C=O) groups excluding carboxylic acids is 1. The molecule has 1 N–H and O–H groups in total. The summed E-state index contributed by atoms with van der Waals surface area (Å²) in [5, 5.41) is 8.80. The Morgan fingerprint density at radius 1 is 1.32 bits per heavy atom. The lowest BCUT2D eigenvalue weighted by atomic mass is 10.2. The first-order valence-electron chi connectivity index (χ1n) is 6.06. The number of aliphatic carboxylic acids is 1. The fraction of sp³-hybridized carbons (Fsp3) is 0.429. The van der Waals surface area contributed by atoms with E-state index in [1.54, 1.807) is 14.0 Å². The van der Waals surface area contributed by atoms with Gasteiger partial charge in [-0.25, -0.2) is 0 Å². The van der Waals surface area contributed by atoms with Gasteiger partial charge in [0, 0.05) is 18.5 Å². The summed E-state index contributed by atoms with van der Waals surface area (Å²) in [6.07, 6.45) is 0. The fourth-order valence-electron chi connectivity index (χ4n) is 1.48. The van der Waals surface area contributed by atoms with Crippen molar-refractivity contribution >= 4 is 23.6 Å². The number of carbonyl (C=O) groups is 2. The van der Waals surface area contributed by atoms with Crippen LogP contribution in [0.4, 0.5) is 0 Å². The van der Waals surface area contributed by atoms with E-state index < -0.39 is 11.9 Å². The molecule has 19 heavy (non-hydrogen) atoms. The van der Waals surface area contributed by atoms with Gasteiger partial charge in [-0.1, -0.05) is 24.6 Å². The van der Waals surface area contributed by atoms with Gasteiger partial charge in [-0.15, -0.1) is 11.8 Å². The molecule has 0 spiro atoms. The van der Waals surface area contributed by atoms with Gasteiger partial charge in [-0.3, -0.25) is 9.59 Å². The quantitative estimate of drug-likeness (QED) is 0.813. The van der Waals surface area contributed by atoms with Gasteiger partial charge in [0.1, 0.15) is 0 Å². The number of carboxylic acids is 1. The van der Waals surface area contributed by atoms with Crippen LogP contribution in [0.2, 0.25) is 0 Å². The molecule has 0 radical (unpaired) electrons. The van der Waals surface area contributed by atoms with Crippen molar-refractivity contribution in [3.63, 3.8) is 0 Å². The van der Waals surface area contributed by atoms with Gasteiger partial charge in [0.25, 0.3) is 0 Å². The van der Waals surface area contributed by atoms with Gasteiger partial charge >= 0.3 is 5.97 Å². The number of carboxylic acid groups (broad SMARTS) is 1. The van der Waals surface area contributed by atoms with E-state index in [9.17, 15) is 9.59 Å². The van der Waals surface area contributed by atoms with Crippen LogP contribution in [-0.4, -0.2) is 41.2 Å². The molecule has 1 rings (SSSR count). The Morgan fingerprint density at radius 3 is 2.42 bits per heavy atom. The Kier molecular flexibility index (Phi) is 5.89. The predicted molar refractivity (Wildman–Crippen MR) is 76.3 cm³/mol. The maximum absolute atomic E-state index is 11.9. The zero-order valence-corrected chi connectivity index (χ0v) is 12.2. The number of hydrogen-bond donors (Lipinski definition) is 1. The Morgan fingerprint density at radius 2 is 1.89 bits per heavy atom. The first kappa shape index (κ1) is 15.6. The minimum Gasteiger partial charge on any atom is -0.481 e. The number of nitrogens with zero attached hydrogens (tertiary/aromatic N) is 1. The third-order valence-corrected chi connectivity index (χ3v) is 3.78. The number of hydrogen-bond acceptors (Lipinski definition) is 3.